The van der Waals surface area contributed by atoms with Gasteiger partial charge in [0.25, 0.3) is 5.91 Å². The molecule has 0 saturated carbocycles. The minimum Gasteiger partial charge on any atom is -0.397 e. The summed E-state index contributed by atoms with van der Waals surface area (Å²) < 4.78 is 0. The SMILES string of the molecule is Nc1ccc(C(=O)N2CCC(CN3CCCC3)CC2)nc1. The van der Waals surface area contributed by atoms with Crippen LogP contribution in [0.4, 0.5) is 5.69 Å². The summed E-state index contributed by atoms with van der Waals surface area (Å²) in [6.07, 6.45) is 6.46. The van der Waals surface area contributed by atoms with Crippen LogP contribution in [0.2, 0.25) is 0 Å². The van der Waals surface area contributed by atoms with Crippen LogP contribution in [0.5, 0.6) is 0 Å². The Kier molecular flexibility index (Phi) is 4.39. The average molecular weight is 288 g/mol. The van der Waals surface area contributed by atoms with Crippen LogP contribution in [0, 0.1) is 5.92 Å². The van der Waals surface area contributed by atoms with E-state index in [9.17, 15) is 4.79 Å². The van der Waals surface area contributed by atoms with Gasteiger partial charge in [0.2, 0.25) is 0 Å². The quantitative estimate of drug-likeness (QED) is 0.918. The molecule has 21 heavy (non-hydrogen) atoms. The summed E-state index contributed by atoms with van der Waals surface area (Å²) in [6.45, 7) is 5.43. The summed E-state index contributed by atoms with van der Waals surface area (Å²) in [7, 11) is 0. The van der Waals surface area contributed by atoms with Crippen LogP contribution < -0.4 is 5.73 Å². The third kappa shape index (κ3) is 3.53. The molecule has 3 heterocycles. The molecule has 0 spiro atoms. The molecule has 0 radical (unpaired) electrons. The van der Waals surface area contributed by atoms with Crippen molar-refractivity contribution in [1.82, 2.24) is 14.8 Å². The molecule has 2 saturated heterocycles. The average Bonchev–Trinajstić information content (AvgIpc) is 3.01. The number of pyridine rings is 1. The van der Waals surface area contributed by atoms with Crippen molar-refractivity contribution < 1.29 is 4.79 Å². The van der Waals surface area contributed by atoms with Crippen molar-refractivity contribution in [3.63, 3.8) is 0 Å². The standard InChI is InChI=1S/C16H24N4O/c17-14-3-4-15(18-11-14)16(21)20-9-5-13(6-10-20)12-19-7-1-2-8-19/h3-4,11,13H,1-2,5-10,12,17H2. The van der Waals surface area contributed by atoms with Gasteiger partial charge in [0.15, 0.2) is 0 Å². The largest absolute Gasteiger partial charge is 0.397 e. The zero-order valence-corrected chi connectivity index (χ0v) is 12.5. The summed E-state index contributed by atoms with van der Waals surface area (Å²) >= 11 is 0. The Labute approximate surface area is 126 Å². The van der Waals surface area contributed by atoms with Gasteiger partial charge in [0.05, 0.1) is 11.9 Å². The Morgan fingerprint density at radius 1 is 1.19 bits per heavy atom. The van der Waals surface area contributed by atoms with Crippen molar-refractivity contribution in [2.75, 3.05) is 38.5 Å². The maximum atomic E-state index is 12.4. The molecule has 3 rings (SSSR count). The van der Waals surface area contributed by atoms with E-state index in [1.54, 1.807) is 18.3 Å². The minimum atomic E-state index is 0.0367. The molecule has 0 atom stereocenters. The topological polar surface area (TPSA) is 62.5 Å². The van der Waals surface area contributed by atoms with Crippen LogP contribution in [0.15, 0.2) is 18.3 Å². The van der Waals surface area contributed by atoms with E-state index >= 15 is 0 Å². The van der Waals surface area contributed by atoms with E-state index in [-0.39, 0.29) is 5.91 Å². The number of amides is 1. The Bertz CT molecular complexity index is 474. The van der Waals surface area contributed by atoms with Crippen molar-refractivity contribution in [1.29, 1.82) is 0 Å². The number of hydrogen-bond acceptors (Lipinski definition) is 4. The molecule has 1 aromatic heterocycles. The first-order valence-electron chi connectivity index (χ1n) is 7.95. The van der Waals surface area contributed by atoms with Gasteiger partial charge in [-0.3, -0.25) is 4.79 Å². The summed E-state index contributed by atoms with van der Waals surface area (Å²) in [4.78, 5) is 21.0. The Hall–Kier alpha value is -1.62. The molecule has 5 nitrogen and oxygen atoms in total. The number of nitrogens with zero attached hydrogens (tertiary/aromatic N) is 3. The molecule has 0 aromatic carbocycles. The van der Waals surface area contributed by atoms with Crippen LogP contribution in [0.1, 0.15) is 36.2 Å². The number of anilines is 1. The second-order valence-electron chi connectivity index (χ2n) is 6.22. The van der Waals surface area contributed by atoms with E-state index in [4.69, 9.17) is 5.73 Å². The fourth-order valence-corrected chi connectivity index (χ4v) is 3.34. The van der Waals surface area contributed by atoms with Crippen LogP contribution in [-0.2, 0) is 0 Å². The number of nitrogens with two attached hydrogens (primary N) is 1. The third-order valence-electron chi connectivity index (χ3n) is 4.62. The smallest absolute Gasteiger partial charge is 0.272 e. The van der Waals surface area contributed by atoms with Gasteiger partial charge in [-0.25, -0.2) is 4.98 Å². The number of nitrogen functional groups attached to an aromatic ring is 1. The molecule has 1 aromatic rings. The highest BCUT2D eigenvalue weighted by atomic mass is 16.2. The van der Waals surface area contributed by atoms with Gasteiger partial charge < -0.3 is 15.5 Å². The van der Waals surface area contributed by atoms with Crippen LogP contribution >= 0.6 is 0 Å². The lowest BCUT2D eigenvalue weighted by molar-refractivity contribution is 0.0667. The van der Waals surface area contributed by atoms with E-state index in [1.165, 1.54) is 32.5 Å². The molecule has 0 aliphatic carbocycles. The molecule has 2 aliphatic heterocycles. The fourth-order valence-electron chi connectivity index (χ4n) is 3.34. The van der Waals surface area contributed by atoms with Gasteiger partial charge >= 0.3 is 0 Å². The van der Waals surface area contributed by atoms with Gasteiger partial charge in [-0.05, 0) is 56.8 Å². The molecular formula is C16H24N4O. The highest BCUT2D eigenvalue weighted by molar-refractivity contribution is 5.92. The Morgan fingerprint density at radius 2 is 1.90 bits per heavy atom. The Morgan fingerprint density at radius 3 is 2.52 bits per heavy atom. The van der Waals surface area contributed by atoms with Crippen LogP contribution in [-0.4, -0.2) is 53.4 Å². The number of carbonyl (C=O) groups excluding carboxylic acids is 1. The number of carbonyl (C=O) groups is 1. The monoisotopic (exact) mass is 288 g/mol. The molecule has 114 valence electrons. The molecule has 0 unspecified atom stereocenters. The Balaban J connectivity index is 1.50. The summed E-state index contributed by atoms with van der Waals surface area (Å²) in [5.74, 6) is 0.779. The zero-order chi connectivity index (χ0) is 14.7. The van der Waals surface area contributed by atoms with E-state index in [0.717, 1.165) is 31.8 Å². The van der Waals surface area contributed by atoms with Crippen LogP contribution in [0.3, 0.4) is 0 Å². The maximum Gasteiger partial charge on any atom is 0.272 e. The second kappa shape index (κ2) is 6.43. The predicted molar refractivity (Wildman–Crippen MR) is 83.0 cm³/mol. The number of aromatic nitrogens is 1. The van der Waals surface area contributed by atoms with Crippen LogP contribution in [0.25, 0.3) is 0 Å². The second-order valence-corrected chi connectivity index (χ2v) is 6.22. The number of likely N-dealkylation sites (tertiary alicyclic amines) is 2. The van der Waals surface area contributed by atoms with Crippen molar-refractivity contribution in [3.8, 4) is 0 Å². The lowest BCUT2D eigenvalue weighted by atomic mass is 9.96. The van der Waals surface area contributed by atoms with Gasteiger partial charge in [0.1, 0.15) is 5.69 Å². The van der Waals surface area contributed by atoms with E-state index < -0.39 is 0 Å². The minimum absolute atomic E-state index is 0.0367. The highest BCUT2D eigenvalue weighted by Crippen LogP contribution is 2.21. The normalized spacial score (nSPS) is 20.9. The number of rotatable bonds is 3. The third-order valence-corrected chi connectivity index (χ3v) is 4.62. The molecule has 2 N–H and O–H groups in total. The molecule has 2 aliphatic rings. The fraction of sp³-hybridized carbons (Fsp3) is 0.625. The van der Waals surface area contributed by atoms with Crippen molar-refractivity contribution >= 4 is 11.6 Å². The van der Waals surface area contributed by atoms with Gasteiger partial charge in [-0.15, -0.1) is 0 Å². The summed E-state index contributed by atoms with van der Waals surface area (Å²) in [5.41, 5.74) is 6.70. The first kappa shape index (κ1) is 14.3. The van der Waals surface area contributed by atoms with Gasteiger partial charge in [-0.1, -0.05) is 0 Å². The lowest BCUT2D eigenvalue weighted by Crippen LogP contribution is -2.41. The molecular weight excluding hydrogens is 264 g/mol. The highest BCUT2D eigenvalue weighted by Gasteiger charge is 2.26. The van der Waals surface area contributed by atoms with Gasteiger partial charge in [-0.2, -0.15) is 0 Å². The van der Waals surface area contributed by atoms with Crippen molar-refractivity contribution in [2.24, 2.45) is 5.92 Å². The number of piperidine rings is 1. The lowest BCUT2D eigenvalue weighted by Gasteiger charge is -2.33. The van der Waals surface area contributed by atoms with E-state index in [1.807, 2.05) is 4.90 Å². The predicted octanol–water partition coefficient (Wildman–Crippen LogP) is 1.61. The van der Waals surface area contributed by atoms with E-state index in [0.29, 0.717) is 11.4 Å². The molecule has 0 bridgehead atoms. The van der Waals surface area contributed by atoms with Crippen molar-refractivity contribution in [2.45, 2.75) is 25.7 Å². The first-order valence-corrected chi connectivity index (χ1v) is 7.95. The first-order chi connectivity index (χ1) is 10.2. The number of hydrogen-bond donors (Lipinski definition) is 1. The van der Waals surface area contributed by atoms with Gasteiger partial charge in [0, 0.05) is 19.6 Å². The van der Waals surface area contributed by atoms with E-state index in [2.05, 4.69) is 9.88 Å². The molecule has 5 heteroatoms. The molecule has 2 fully saturated rings. The molecule has 1 amide bonds. The summed E-state index contributed by atoms with van der Waals surface area (Å²) in [5, 5.41) is 0. The zero-order valence-electron chi connectivity index (χ0n) is 12.5. The van der Waals surface area contributed by atoms with Crippen molar-refractivity contribution in [3.05, 3.63) is 24.0 Å². The maximum absolute atomic E-state index is 12.4. The summed E-state index contributed by atoms with van der Waals surface area (Å²) in [6, 6.07) is 3.45.